The minimum Gasteiger partial charge on any atom is -0.479 e. The zero-order valence-corrected chi connectivity index (χ0v) is 11.1. The first kappa shape index (κ1) is 12.6. The van der Waals surface area contributed by atoms with Crippen LogP contribution in [0.5, 0.6) is 0 Å². The lowest BCUT2D eigenvalue weighted by atomic mass is 10.1. The number of H-pyrrole nitrogens is 1. The Labute approximate surface area is 111 Å². The number of hydrogen-bond acceptors (Lipinski definition) is 2. The molecule has 94 valence electrons. The molecule has 1 heterocycles. The van der Waals surface area contributed by atoms with Crippen molar-refractivity contribution in [3.05, 3.63) is 34.4 Å². The molecule has 0 unspecified atom stereocenters. The van der Waals surface area contributed by atoms with Crippen molar-refractivity contribution in [2.24, 2.45) is 0 Å². The Morgan fingerprint density at radius 1 is 1.44 bits per heavy atom. The molecule has 0 aliphatic heterocycles. The fourth-order valence-electron chi connectivity index (χ4n) is 1.87. The Morgan fingerprint density at radius 3 is 2.78 bits per heavy atom. The van der Waals surface area contributed by atoms with Gasteiger partial charge in [0.1, 0.15) is 0 Å². The van der Waals surface area contributed by atoms with Gasteiger partial charge in [0.25, 0.3) is 0 Å². The number of carbonyl (C=O) groups excluding carboxylic acids is 1. The highest BCUT2D eigenvalue weighted by molar-refractivity contribution is 9.10. The SMILES string of the molecule is CC(=O)N[C@@H](C(=O)O)c1c[nH]c2cccc(Br)c12. The summed E-state index contributed by atoms with van der Waals surface area (Å²) in [5.74, 6) is -1.48. The highest BCUT2D eigenvalue weighted by Crippen LogP contribution is 2.30. The molecule has 0 saturated carbocycles. The van der Waals surface area contributed by atoms with Crippen LogP contribution in [0.1, 0.15) is 18.5 Å². The summed E-state index contributed by atoms with van der Waals surface area (Å²) in [7, 11) is 0. The zero-order chi connectivity index (χ0) is 13.3. The second kappa shape index (κ2) is 4.81. The summed E-state index contributed by atoms with van der Waals surface area (Å²) in [5.41, 5.74) is 1.34. The molecule has 0 spiro atoms. The maximum atomic E-state index is 11.2. The molecule has 1 amide bonds. The van der Waals surface area contributed by atoms with E-state index in [0.717, 1.165) is 15.4 Å². The number of nitrogens with one attached hydrogen (secondary N) is 2. The average Bonchev–Trinajstić information content (AvgIpc) is 2.70. The fraction of sp³-hybridized carbons (Fsp3) is 0.167. The van der Waals surface area contributed by atoms with Crippen LogP contribution in [0.4, 0.5) is 0 Å². The van der Waals surface area contributed by atoms with Crippen LogP contribution >= 0.6 is 15.9 Å². The Hall–Kier alpha value is -1.82. The third-order valence-corrected chi connectivity index (χ3v) is 3.25. The number of halogens is 1. The second-order valence-electron chi connectivity index (χ2n) is 3.88. The third kappa shape index (κ3) is 2.24. The number of benzene rings is 1. The van der Waals surface area contributed by atoms with Crippen LogP contribution < -0.4 is 5.32 Å². The number of aliphatic carboxylic acids is 1. The molecule has 3 N–H and O–H groups in total. The van der Waals surface area contributed by atoms with Crippen molar-refractivity contribution in [2.75, 3.05) is 0 Å². The highest BCUT2D eigenvalue weighted by Gasteiger charge is 2.24. The summed E-state index contributed by atoms with van der Waals surface area (Å²) in [4.78, 5) is 25.3. The van der Waals surface area contributed by atoms with Crippen LogP contribution in [0.15, 0.2) is 28.9 Å². The number of hydrogen-bond donors (Lipinski definition) is 3. The molecule has 2 rings (SSSR count). The van der Waals surface area contributed by atoms with E-state index in [1.807, 2.05) is 18.2 Å². The first-order valence-corrected chi connectivity index (χ1v) is 6.05. The van der Waals surface area contributed by atoms with E-state index in [2.05, 4.69) is 26.2 Å². The monoisotopic (exact) mass is 310 g/mol. The van der Waals surface area contributed by atoms with Crippen molar-refractivity contribution >= 4 is 38.7 Å². The quantitative estimate of drug-likeness (QED) is 0.812. The van der Waals surface area contributed by atoms with E-state index < -0.39 is 12.0 Å². The summed E-state index contributed by atoms with van der Waals surface area (Å²) < 4.78 is 0.785. The van der Waals surface area contributed by atoms with Gasteiger partial charge in [-0.3, -0.25) is 4.79 Å². The van der Waals surface area contributed by atoms with Crippen molar-refractivity contribution in [1.82, 2.24) is 10.3 Å². The largest absolute Gasteiger partial charge is 0.479 e. The normalized spacial score (nSPS) is 12.3. The number of carboxylic acids is 1. The highest BCUT2D eigenvalue weighted by atomic mass is 79.9. The number of rotatable bonds is 3. The van der Waals surface area contributed by atoms with E-state index in [4.69, 9.17) is 0 Å². The molecule has 1 aromatic heterocycles. The lowest BCUT2D eigenvalue weighted by Gasteiger charge is -2.12. The number of amides is 1. The summed E-state index contributed by atoms with van der Waals surface area (Å²) in [6.07, 6.45) is 1.60. The zero-order valence-electron chi connectivity index (χ0n) is 9.53. The Bertz CT molecular complexity index is 621. The van der Waals surface area contributed by atoms with Crippen molar-refractivity contribution in [3.8, 4) is 0 Å². The summed E-state index contributed by atoms with van der Waals surface area (Å²) in [5, 5.41) is 12.4. The molecule has 2 aromatic rings. The molecule has 0 aliphatic rings. The predicted octanol–water partition coefficient (Wildman–Crippen LogP) is 2.19. The predicted molar refractivity (Wildman–Crippen MR) is 70.2 cm³/mol. The average molecular weight is 311 g/mol. The summed E-state index contributed by atoms with van der Waals surface area (Å²) in [6.45, 7) is 1.29. The van der Waals surface area contributed by atoms with Gasteiger partial charge in [-0.25, -0.2) is 4.79 Å². The third-order valence-electron chi connectivity index (χ3n) is 2.59. The number of carboxylic acid groups (broad SMARTS) is 1. The topological polar surface area (TPSA) is 82.2 Å². The number of fused-ring (bicyclic) bond motifs is 1. The molecule has 0 aliphatic carbocycles. The second-order valence-corrected chi connectivity index (χ2v) is 4.73. The van der Waals surface area contributed by atoms with Gasteiger partial charge in [0.2, 0.25) is 5.91 Å². The molecule has 1 atom stereocenters. The van der Waals surface area contributed by atoms with E-state index in [1.54, 1.807) is 6.20 Å². The van der Waals surface area contributed by atoms with Gasteiger partial charge in [0.15, 0.2) is 6.04 Å². The molecule has 1 aromatic carbocycles. The maximum absolute atomic E-state index is 11.2. The number of aromatic nitrogens is 1. The van der Waals surface area contributed by atoms with Crippen LogP contribution in [0, 0.1) is 0 Å². The lowest BCUT2D eigenvalue weighted by Crippen LogP contribution is -2.31. The fourth-order valence-corrected chi connectivity index (χ4v) is 2.46. The van der Waals surface area contributed by atoms with Crippen LogP contribution in [-0.2, 0) is 9.59 Å². The first-order valence-electron chi connectivity index (χ1n) is 5.26. The molecule has 0 saturated heterocycles. The van der Waals surface area contributed by atoms with Gasteiger partial charge in [-0.2, -0.15) is 0 Å². The Kier molecular flexibility index (Phi) is 3.38. The summed E-state index contributed by atoms with van der Waals surface area (Å²) >= 11 is 3.38. The van der Waals surface area contributed by atoms with Crippen LogP contribution in [-0.4, -0.2) is 22.0 Å². The van der Waals surface area contributed by atoms with Crippen molar-refractivity contribution in [2.45, 2.75) is 13.0 Å². The van der Waals surface area contributed by atoms with Crippen LogP contribution in [0.2, 0.25) is 0 Å². The molecular weight excluding hydrogens is 300 g/mol. The first-order chi connectivity index (χ1) is 8.50. The number of aromatic amines is 1. The van der Waals surface area contributed by atoms with Crippen molar-refractivity contribution in [3.63, 3.8) is 0 Å². The van der Waals surface area contributed by atoms with E-state index in [-0.39, 0.29) is 5.91 Å². The van der Waals surface area contributed by atoms with Crippen LogP contribution in [0.25, 0.3) is 10.9 Å². The van der Waals surface area contributed by atoms with Crippen LogP contribution in [0.3, 0.4) is 0 Å². The van der Waals surface area contributed by atoms with Crippen molar-refractivity contribution < 1.29 is 14.7 Å². The Morgan fingerprint density at radius 2 is 2.17 bits per heavy atom. The van der Waals surface area contributed by atoms with Gasteiger partial charge in [-0.05, 0) is 12.1 Å². The minimum atomic E-state index is -1.10. The standard InChI is InChI=1S/C12H11BrN2O3/c1-6(16)15-11(12(17)18)7-5-14-9-4-2-3-8(13)10(7)9/h2-5,11,14H,1H3,(H,15,16)(H,17,18)/t11-/m1/s1. The Balaban J connectivity index is 2.57. The van der Waals surface area contributed by atoms with Gasteiger partial charge >= 0.3 is 5.97 Å². The molecular formula is C12H11BrN2O3. The van der Waals surface area contributed by atoms with Gasteiger partial charge in [0, 0.05) is 34.1 Å². The van der Waals surface area contributed by atoms with E-state index in [1.165, 1.54) is 6.92 Å². The molecule has 0 bridgehead atoms. The van der Waals surface area contributed by atoms with Gasteiger partial charge in [-0.15, -0.1) is 0 Å². The number of carbonyl (C=O) groups is 2. The van der Waals surface area contributed by atoms with Crippen molar-refractivity contribution in [1.29, 1.82) is 0 Å². The van der Waals surface area contributed by atoms with E-state index >= 15 is 0 Å². The molecule has 18 heavy (non-hydrogen) atoms. The van der Waals surface area contributed by atoms with Gasteiger partial charge in [0.05, 0.1) is 0 Å². The lowest BCUT2D eigenvalue weighted by molar-refractivity contribution is -0.141. The van der Waals surface area contributed by atoms with E-state index in [0.29, 0.717) is 5.56 Å². The molecule has 6 heteroatoms. The minimum absolute atomic E-state index is 0.385. The van der Waals surface area contributed by atoms with Gasteiger partial charge in [-0.1, -0.05) is 22.0 Å². The van der Waals surface area contributed by atoms with Gasteiger partial charge < -0.3 is 15.4 Å². The molecule has 0 fully saturated rings. The maximum Gasteiger partial charge on any atom is 0.330 e. The molecule has 0 radical (unpaired) electrons. The van der Waals surface area contributed by atoms with E-state index in [9.17, 15) is 14.7 Å². The molecule has 5 nitrogen and oxygen atoms in total. The summed E-state index contributed by atoms with van der Waals surface area (Å²) in [6, 6.07) is 4.46. The smallest absolute Gasteiger partial charge is 0.330 e.